The number of aromatic nitrogens is 6. The number of nitrogens with one attached hydrogen (secondary N) is 1. The SMILES string of the molecule is CN(CCCCCc1cc(-c2ccc(F)cc2)n[nH]1)C(=O)Cn1cnc2c(cnn2C)c1=O. The van der Waals surface area contributed by atoms with Crippen LogP contribution in [0.3, 0.4) is 0 Å². The highest BCUT2D eigenvalue weighted by Crippen LogP contribution is 2.19. The van der Waals surface area contributed by atoms with Gasteiger partial charge in [0, 0.05) is 31.9 Å². The largest absolute Gasteiger partial charge is 0.344 e. The molecule has 4 aromatic rings. The molecular weight excluding hydrogens is 425 g/mol. The van der Waals surface area contributed by atoms with Crippen LogP contribution in [0.5, 0.6) is 0 Å². The second kappa shape index (κ2) is 9.76. The molecule has 1 amide bonds. The number of H-pyrrole nitrogens is 1. The summed E-state index contributed by atoms with van der Waals surface area (Å²) in [6.07, 6.45) is 6.47. The lowest BCUT2D eigenvalue weighted by Crippen LogP contribution is -2.34. The van der Waals surface area contributed by atoms with Gasteiger partial charge >= 0.3 is 0 Å². The quantitative estimate of drug-likeness (QED) is 0.394. The predicted octanol–water partition coefficient (Wildman–Crippen LogP) is 2.53. The van der Waals surface area contributed by atoms with Crippen molar-refractivity contribution in [3.8, 4) is 11.3 Å². The Balaban J connectivity index is 1.21. The minimum Gasteiger partial charge on any atom is -0.344 e. The summed E-state index contributed by atoms with van der Waals surface area (Å²) in [7, 11) is 3.46. The number of amides is 1. The number of carbonyl (C=O) groups is 1. The number of aromatic amines is 1. The third-order valence-electron chi connectivity index (χ3n) is 5.66. The van der Waals surface area contributed by atoms with Crippen molar-refractivity contribution in [2.75, 3.05) is 13.6 Å². The van der Waals surface area contributed by atoms with Gasteiger partial charge in [-0.05, 0) is 49.6 Å². The van der Waals surface area contributed by atoms with Crippen molar-refractivity contribution in [1.82, 2.24) is 34.4 Å². The smallest absolute Gasteiger partial charge is 0.264 e. The summed E-state index contributed by atoms with van der Waals surface area (Å²) in [5.41, 5.74) is 2.92. The number of likely N-dealkylation sites (N-methyl/N-ethyl adjacent to an activating group) is 1. The molecule has 3 heterocycles. The lowest BCUT2D eigenvalue weighted by molar-refractivity contribution is -0.130. The lowest BCUT2D eigenvalue weighted by atomic mass is 10.1. The molecule has 4 rings (SSSR count). The van der Waals surface area contributed by atoms with Crippen molar-refractivity contribution in [3.05, 3.63) is 64.7 Å². The maximum Gasteiger partial charge on any atom is 0.264 e. The Bertz CT molecular complexity index is 1310. The van der Waals surface area contributed by atoms with Crippen LogP contribution in [0, 0.1) is 5.82 Å². The van der Waals surface area contributed by atoms with Crippen LogP contribution in [0.1, 0.15) is 25.0 Å². The zero-order chi connectivity index (χ0) is 23.4. The molecule has 0 fully saturated rings. The van der Waals surface area contributed by atoms with E-state index in [4.69, 9.17) is 0 Å². The molecule has 1 aromatic carbocycles. The number of benzene rings is 1. The van der Waals surface area contributed by atoms with Gasteiger partial charge in [0.25, 0.3) is 5.56 Å². The average molecular weight is 452 g/mol. The third-order valence-corrected chi connectivity index (χ3v) is 5.66. The number of hydrogen-bond acceptors (Lipinski definition) is 5. The standard InChI is InChI=1S/C23H26FN7O2/c1-29(21(32)14-31-15-25-22-19(23(31)33)13-26-30(22)2)11-5-3-4-6-18-12-20(28-27-18)16-7-9-17(24)10-8-16/h7-10,12-13,15H,3-6,11,14H2,1-2H3,(H,27,28). The molecule has 0 aliphatic carbocycles. The molecule has 0 radical (unpaired) electrons. The van der Waals surface area contributed by atoms with Crippen LogP contribution in [0.15, 0.2) is 47.7 Å². The van der Waals surface area contributed by atoms with Crippen molar-refractivity contribution in [2.24, 2.45) is 7.05 Å². The molecule has 0 unspecified atom stereocenters. The van der Waals surface area contributed by atoms with Crippen molar-refractivity contribution in [3.63, 3.8) is 0 Å². The first kappa shape index (κ1) is 22.4. The molecule has 33 heavy (non-hydrogen) atoms. The first-order chi connectivity index (χ1) is 15.9. The number of fused-ring (bicyclic) bond motifs is 1. The summed E-state index contributed by atoms with van der Waals surface area (Å²) < 4.78 is 15.9. The molecule has 0 aliphatic heterocycles. The van der Waals surface area contributed by atoms with Crippen molar-refractivity contribution in [1.29, 1.82) is 0 Å². The number of aryl methyl sites for hydroxylation is 2. The highest BCUT2D eigenvalue weighted by atomic mass is 19.1. The normalized spacial score (nSPS) is 11.2. The van der Waals surface area contributed by atoms with Gasteiger partial charge in [-0.3, -0.25) is 23.9 Å². The number of halogens is 1. The predicted molar refractivity (Wildman–Crippen MR) is 122 cm³/mol. The van der Waals surface area contributed by atoms with Gasteiger partial charge in [-0.25, -0.2) is 9.37 Å². The van der Waals surface area contributed by atoms with E-state index in [1.165, 1.54) is 33.9 Å². The molecule has 3 aromatic heterocycles. The average Bonchev–Trinajstić information content (AvgIpc) is 3.43. The molecule has 0 spiro atoms. The summed E-state index contributed by atoms with van der Waals surface area (Å²) in [5, 5.41) is 11.8. The topological polar surface area (TPSA) is 102 Å². The van der Waals surface area contributed by atoms with Gasteiger partial charge in [0.1, 0.15) is 24.1 Å². The fourth-order valence-corrected chi connectivity index (χ4v) is 3.67. The van der Waals surface area contributed by atoms with Crippen molar-refractivity contribution < 1.29 is 9.18 Å². The van der Waals surface area contributed by atoms with Crippen LogP contribution >= 0.6 is 0 Å². The highest BCUT2D eigenvalue weighted by molar-refractivity contribution is 5.77. The zero-order valence-corrected chi connectivity index (χ0v) is 18.7. The van der Waals surface area contributed by atoms with E-state index in [-0.39, 0.29) is 23.8 Å². The fraction of sp³-hybridized carbons (Fsp3) is 0.348. The maximum absolute atomic E-state index is 13.1. The molecule has 0 atom stereocenters. The van der Waals surface area contributed by atoms with Crippen LogP contribution < -0.4 is 5.56 Å². The van der Waals surface area contributed by atoms with E-state index in [0.717, 1.165) is 42.6 Å². The second-order valence-corrected chi connectivity index (χ2v) is 8.09. The molecule has 0 aliphatic rings. The maximum atomic E-state index is 13.1. The van der Waals surface area contributed by atoms with E-state index in [1.54, 1.807) is 31.1 Å². The molecular formula is C23H26FN7O2. The second-order valence-electron chi connectivity index (χ2n) is 8.09. The number of carbonyl (C=O) groups excluding carboxylic acids is 1. The van der Waals surface area contributed by atoms with E-state index in [1.807, 2.05) is 6.07 Å². The molecule has 9 nitrogen and oxygen atoms in total. The highest BCUT2D eigenvalue weighted by Gasteiger charge is 2.13. The van der Waals surface area contributed by atoms with Crippen LogP contribution in [0.25, 0.3) is 22.3 Å². The Kier molecular flexibility index (Phi) is 6.62. The summed E-state index contributed by atoms with van der Waals surface area (Å²) in [6, 6.07) is 8.24. The van der Waals surface area contributed by atoms with E-state index < -0.39 is 0 Å². The number of rotatable bonds is 9. The van der Waals surface area contributed by atoms with Gasteiger partial charge < -0.3 is 4.90 Å². The summed E-state index contributed by atoms with van der Waals surface area (Å²) in [5.74, 6) is -0.407. The van der Waals surface area contributed by atoms with Gasteiger partial charge in [0.05, 0.1) is 11.9 Å². The van der Waals surface area contributed by atoms with E-state index in [9.17, 15) is 14.0 Å². The van der Waals surface area contributed by atoms with E-state index in [2.05, 4.69) is 20.3 Å². The Morgan fingerprint density at radius 2 is 1.97 bits per heavy atom. The number of nitrogens with zero attached hydrogens (tertiary/aromatic N) is 6. The van der Waals surface area contributed by atoms with Crippen LogP contribution in [0.4, 0.5) is 4.39 Å². The summed E-state index contributed by atoms with van der Waals surface area (Å²) >= 11 is 0. The van der Waals surface area contributed by atoms with Gasteiger partial charge in [-0.1, -0.05) is 6.42 Å². The summed E-state index contributed by atoms with van der Waals surface area (Å²) in [4.78, 5) is 30.9. The molecule has 0 saturated heterocycles. The minimum absolute atomic E-state index is 0.0481. The van der Waals surface area contributed by atoms with Crippen LogP contribution in [-0.4, -0.2) is 53.9 Å². The van der Waals surface area contributed by atoms with Crippen molar-refractivity contribution >= 4 is 16.9 Å². The molecule has 1 N–H and O–H groups in total. The molecule has 172 valence electrons. The molecule has 0 saturated carbocycles. The molecule has 10 heteroatoms. The first-order valence-electron chi connectivity index (χ1n) is 10.8. The zero-order valence-electron chi connectivity index (χ0n) is 18.7. The van der Waals surface area contributed by atoms with Crippen LogP contribution in [-0.2, 0) is 24.8 Å². The Hall–Kier alpha value is -3.82. The number of hydrogen-bond donors (Lipinski definition) is 1. The van der Waals surface area contributed by atoms with Gasteiger partial charge in [0.2, 0.25) is 5.91 Å². The van der Waals surface area contributed by atoms with Gasteiger partial charge in [-0.15, -0.1) is 0 Å². The Morgan fingerprint density at radius 1 is 1.18 bits per heavy atom. The lowest BCUT2D eigenvalue weighted by Gasteiger charge is -2.17. The fourth-order valence-electron chi connectivity index (χ4n) is 3.67. The third kappa shape index (κ3) is 5.16. The van der Waals surface area contributed by atoms with Crippen LogP contribution in [0.2, 0.25) is 0 Å². The monoisotopic (exact) mass is 451 g/mol. The first-order valence-corrected chi connectivity index (χ1v) is 10.8. The minimum atomic E-state index is -0.269. The molecule has 0 bridgehead atoms. The van der Waals surface area contributed by atoms with E-state index in [0.29, 0.717) is 17.6 Å². The van der Waals surface area contributed by atoms with Gasteiger partial charge in [-0.2, -0.15) is 10.2 Å². The van der Waals surface area contributed by atoms with Crippen molar-refractivity contribution in [2.45, 2.75) is 32.2 Å². The number of unbranched alkanes of at least 4 members (excludes halogenated alkanes) is 2. The van der Waals surface area contributed by atoms with Gasteiger partial charge in [0.15, 0.2) is 5.65 Å². The van der Waals surface area contributed by atoms with E-state index >= 15 is 0 Å². The Labute approximate surface area is 189 Å². The summed E-state index contributed by atoms with van der Waals surface area (Å²) in [6.45, 7) is 0.563. The Morgan fingerprint density at radius 3 is 2.76 bits per heavy atom.